The Labute approximate surface area is 313 Å². The summed E-state index contributed by atoms with van der Waals surface area (Å²) in [6, 6.07) is 18.0. The predicted octanol–water partition coefficient (Wildman–Crippen LogP) is 14.0. The van der Waals surface area contributed by atoms with E-state index in [0.717, 1.165) is 43.6 Å². The molecule has 50 heavy (non-hydrogen) atoms. The van der Waals surface area contributed by atoms with Crippen LogP contribution in [0.4, 0.5) is 0 Å². The summed E-state index contributed by atoms with van der Waals surface area (Å²) in [5.41, 5.74) is 2.46. The lowest BCUT2D eigenvalue weighted by Crippen LogP contribution is -2.06. The van der Waals surface area contributed by atoms with Crippen LogP contribution in [0.5, 0.6) is 11.5 Å². The largest absolute Gasteiger partial charge is 0.494 e. The Hall–Kier alpha value is -1.78. The number of hydrogen-bond acceptors (Lipinski definition) is 3. The van der Waals surface area contributed by atoms with E-state index in [1.165, 1.54) is 178 Å². The topological polar surface area (TPSA) is 38.7 Å². The molecule has 0 spiro atoms. The molecule has 2 aromatic rings. The van der Waals surface area contributed by atoms with Gasteiger partial charge in [-0.3, -0.25) is 0 Å². The average molecular weight is 709 g/mol. The molecule has 1 N–H and O–H groups in total. The zero-order valence-electron chi connectivity index (χ0n) is 33.1. The molecule has 0 aliphatic rings. The van der Waals surface area contributed by atoms with Crippen molar-refractivity contribution in [3.05, 3.63) is 59.7 Å². The van der Waals surface area contributed by atoms with Gasteiger partial charge in [0, 0.05) is 5.92 Å². The molecule has 0 aliphatic carbocycles. The first-order chi connectivity index (χ1) is 24.8. The number of unbranched alkanes of at least 4 members (excludes halogenated alkanes) is 26. The van der Waals surface area contributed by atoms with Crippen molar-refractivity contribution in [3.8, 4) is 11.5 Å². The van der Waals surface area contributed by atoms with Crippen molar-refractivity contribution in [2.45, 2.75) is 206 Å². The van der Waals surface area contributed by atoms with Crippen LogP contribution in [0.3, 0.4) is 0 Å². The second-order valence-electron chi connectivity index (χ2n) is 15.1. The third-order valence-electron chi connectivity index (χ3n) is 10.5. The third kappa shape index (κ3) is 23.6. The van der Waals surface area contributed by atoms with Gasteiger partial charge in [0.2, 0.25) is 0 Å². The average Bonchev–Trinajstić information content (AvgIpc) is 3.14. The van der Waals surface area contributed by atoms with Gasteiger partial charge in [0.15, 0.2) is 9.76 Å². The zero-order valence-corrected chi connectivity index (χ0v) is 34.5. The molecule has 0 saturated heterocycles. The van der Waals surface area contributed by atoms with Crippen molar-refractivity contribution in [3.63, 3.8) is 0 Å². The molecule has 0 radical (unpaired) electrons. The normalized spacial score (nSPS) is 11.7. The molecule has 0 bridgehead atoms. The van der Waals surface area contributed by atoms with E-state index >= 15 is 0 Å². The van der Waals surface area contributed by atoms with Gasteiger partial charge in [-0.25, -0.2) is 0 Å². The first-order valence-electron chi connectivity index (χ1n) is 21.8. The predicted molar refractivity (Wildman–Crippen MR) is 222 cm³/mol. The van der Waals surface area contributed by atoms with Crippen molar-refractivity contribution in [2.24, 2.45) is 0 Å². The minimum absolute atomic E-state index is 0.181. The van der Waals surface area contributed by atoms with E-state index in [9.17, 15) is 4.80 Å². The lowest BCUT2D eigenvalue weighted by molar-refractivity contribution is 0.303. The first kappa shape index (κ1) is 44.4. The third-order valence-corrected chi connectivity index (χ3v) is 11.3. The number of ether oxygens (including phenoxy) is 2. The number of hydrogen-bond donors (Lipinski definition) is 1. The number of benzene rings is 2. The molecule has 286 valence electrons. The van der Waals surface area contributed by atoms with Gasteiger partial charge in [-0.15, -0.1) is 0 Å². The Morgan fingerprint density at radius 2 is 0.740 bits per heavy atom. The Bertz CT molecular complexity index is 933. The lowest BCUT2D eigenvalue weighted by Gasteiger charge is -2.19. The van der Waals surface area contributed by atoms with Crippen LogP contribution in [-0.2, 0) is 0 Å². The summed E-state index contributed by atoms with van der Waals surface area (Å²) in [4.78, 5) is 10.1. The smallest absolute Gasteiger partial charge is 0.157 e. The van der Waals surface area contributed by atoms with Gasteiger partial charge in [0.25, 0.3) is 0 Å². The summed E-state index contributed by atoms with van der Waals surface area (Å²) in [7, 11) is -1.11. The van der Waals surface area contributed by atoms with Crippen molar-refractivity contribution in [1.29, 1.82) is 0 Å². The highest BCUT2D eigenvalue weighted by molar-refractivity contribution is 6.25. The monoisotopic (exact) mass is 709 g/mol. The summed E-state index contributed by atoms with van der Waals surface area (Å²) >= 11 is 0. The highest BCUT2D eigenvalue weighted by Crippen LogP contribution is 2.32. The molecular formula is C46H80O3Si. The van der Waals surface area contributed by atoms with Crippen LogP contribution in [0.25, 0.3) is 0 Å². The van der Waals surface area contributed by atoms with Gasteiger partial charge >= 0.3 is 0 Å². The first-order valence-corrected chi connectivity index (χ1v) is 23.5. The molecule has 0 aliphatic heterocycles. The second-order valence-corrected chi connectivity index (χ2v) is 16.1. The maximum Gasteiger partial charge on any atom is 0.157 e. The fourth-order valence-corrected chi connectivity index (χ4v) is 8.20. The SMILES string of the molecule is CCCCCCCCCCCCCCCCOc1cccc(C(C[SiH2]O)c2cccc(OCCCCCCCCCCCCCCCC)c2)c1. The summed E-state index contributed by atoms with van der Waals surface area (Å²) < 4.78 is 12.4. The van der Waals surface area contributed by atoms with Crippen LogP contribution in [0.1, 0.15) is 211 Å². The van der Waals surface area contributed by atoms with Crippen molar-refractivity contribution in [2.75, 3.05) is 13.2 Å². The fourth-order valence-electron chi connectivity index (χ4n) is 7.27. The maximum atomic E-state index is 10.1. The van der Waals surface area contributed by atoms with Gasteiger partial charge in [0.1, 0.15) is 11.5 Å². The molecule has 0 saturated carbocycles. The Kier molecular flexibility index (Phi) is 29.4. The molecule has 0 aromatic heterocycles. The van der Waals surface area contributed by atoms with Crippen LogP contribution >= 0.6 is 0 Å². The van der Waals surface area contributed by atoms with Gasteiger partial charge in [0.05, 0.1) is 13.2 Å². The van der Waals surface area contributed by atoms with E-state index in [0.29, 0.717) is 0 Å². The molecule has 0 unspecified atom stereocenters. The molecule has 3 nitrogen and oxygen atoms in total. The minimum atomic E-state index is -1.11. The van der Waals surface area contributed by atoms with Gasteiger partial charge in [-0.2, -0.15) is 0 Å². The van der Waals surface area contributed by atoms with Crippen molar-refractivity contribution in [1.82, 2.24) is 0 Å². The molecule has 2 aromatic carbocycles. The van der Waals surface area contributed by atoms with Gasteiger partial charge < -0.3 is 14.3 Å². The molecule has 2 rings (SSSR count). The number of rotatable bonds is 36. The molecule has 0 heterocycles. The van der Waals surface area contributed by atoms with E-state index in [-0.39, 0.29) is 5.92 Å². The maximum absolute atomic E-state index is 10.1. The lowest BCUT2D eigenvalue weighted by atomic mass is 9.92. The van der Waals surface area contributed by atoms with E-state index in [2.05, 4.69) is 62.4 Å². The van der Waals surface area contributed by atoms with E-state index in [1.54, 1.807) is 0 Å². The Balaban J connectivity index is 1.58. The zero-order chi connectivity index (χ0) is 35.6. The summed E-state index contributed by atoms with van der Waals surface area (Å²) in [5.74, 6) is 2.08. The van der Waals surface area contributed by atoms with Gasteiger partial charge in [-0.05, 0) is 54.3 Å². The van der Waals surface area contributed by atoms with Crippen LogP contribution < -0.4 is 9.47 Å². The highest BCUT2D eigenvalue weighted by Gasteiger charge is 2.16. The van der Waals surface area contributed by atoms with E-state index < -0.39 is 9.76 Å². The molecule has 0 atom stereocenters. The standard InChI is InChI=1S/C46H80O3Si/c1-3-5-7-9-11-13-15-17-19-21-23-25-27-29-37-48-44-35-31-33-42(39-44)46(41-50-47)43-34-32-36-45(40-43)49-38-30-28-26-24-22-20-18-16-14-12-10-8-6-4-2/h31-36,39-40,46-47H,3-30,37-38,41,50H2,1-2H3. The Morgan fingerprint density at radius 3 is 1.04 bits per heavy atom. The van der Waals surface area contributed by atoms with E-state index in [1.807, 2.05) is 0 Å². The van der Waals surface area contributed by atoms with Crippen LogP contribution in [0, 0.1) is 0 Å². The highest BCUT2D eigenvalue weighted by atomic mass is 28.2. The fraction of sp³-hybridized carbons (Fsp3) is 0.739. The van der Waals surface area contributed by atoms with E-state index in [4.69, 9.17) is 9.47 Å². The quantitative estimate of drug-likeness (QED) is 0.0566. The Morgan fingerprint density at radius 1 is 0.440 bits per heavy atom. The van der Waals surface area contributed by atoms with Gasteiger partial charge in [-0.1, -0.05) is 205 Å². The second kappa shape index (κ2) is 33.1. The molecular weight excluding hydrogens is 629 g/mol. The van der Waals surface area contributed by atoms with Crippen molar-refractivity contribution < 1.29 is 14.3 Å². The van der Waals surface area contributed by atoms with Crippen LogP contribution in [0.15, 0.2) is 48.5 Å². The van der Waals surface area contributed by atoms with Crippen molar-refractivity contribution >= 4 is 9.76 Å². The van der Waals surface area contributed by atoms with Crippen LogP contribution in [0.2, 0.25) is 6.04 Å². The summed E-state index contributed by atoms with van der Waals surface area (Å²) in [5, 5.41) is 0. The molecule has 4 heteroatoms. The summed E-state index contributed by atoms with van der Waals surface area (Å²) in [6.07, 6.45) is 38.4. The van der Waals surface area contributed by atoms with Crippen LogP contribution in [-0.4, -0.2) is 27.8 Å². The summed E-state index contributed by atoms with van der Waals surface area (Å²) in [6.45, 7) is 6.15. The molecule has 0 amide bonds. The minimum Gasteiger partial charge on any atom is -0.494 e. The molecule has 0 fully saturated rings.